The Bertz CT molecular complexity index is 1060. The van der Waals surface area contributed by atoms with E-state index in [0.29, 0.717) is 18.8 Å². The maximum absolute atomic E-state index is 12.1. The van der Waals surface area contributed by atoms with Crippen LogP contribution in [0.3, 0.4) is 0 Å². The number of aromatic nitrogens is 3. The summed E-state index contributed by atoms with van der Waals surface area (Å²) in [6, 6.07) is 14.0. The van der Waals surface area contributed by atoms with Gasteiger partial charge in [0.25, 0.3) is 0 Å². The van der Waals surface area contributed by atoms with Crippen molar-refractivity contribution in [1.29, 1.82) is 0 Å². The molecule has 0 unspecified atom stereocenters. The third-order valence-electron chi connectivity index (χ3n) is 5.96. The fourth-order valence-corrected chi connectivity index (χ4v) is 3.75. The Morgan fingerprint density at radius 2 is 1.79 bits per heavy atom. The predicted octanol–water partition coefficient (Wildman–Crippen LogP) is 3.33. The lowest BCUT2D eigenvalue weighted by Crippen LogP contribution is -2.33. The van der Waals surface area contributed by atoms with Crippen molar-refractivity contribution in [2.75, 3.05) is 0 Å². The van der Waals surface area contributed by atoms with Crippen LogP contribution in [-0.2, 0) is 22.6 Å². The van der Waals surface area contributed by atoms with E-state index in [2.05, 4.69) is 15.4 Å². The SMILES string of the molecule is O=C(Cc1nc2cccc(-c3ccc(CNC(=O)C4CCC4)cc3)n2n1)C1CC1. The maximum Gasteiger partial charge on any atom is 0.223 e. The molecule has 6 heteroatoms. The molecular formula is C23H24N4O2. The predicted molar refractivity (Wildman–Crippen MR) is 109 cm³/mol. The second kappa shape index (κ2) is 7.43. The highest BCUT2D eigenvalue weighted by Gasteiger charge is 2.30. The molecule has 2 saturated carbocycles. The van der Waals surface area contributed by atoms with Gasteiger partial charge >= 0.3 is 0 Å². The Balaban J connectivity index is 1.32. The molecule has 1 aromatic carbocycles. The summed E-state index contributed by atoms with van der Waals surface area (Å²) in [6.45, 7) is 0.552. The van der Waals surface area contributed by atoms with Crippen molar-refractivity contribution in [3.8, 4) is 11.3 Å². The highest BCUT2D eigenvalue weighted by molar-refractivity contribution is 5.84. The number of nitrogens with zero attached hydrogens (tertiary/aromatic N) is 3. The van der Waals surface area contributed by atoms with E-state index in [4.69, 9.17) is 0 Å². The number of fused-ring (bicyclic) bond motifs is 1. The van der Waals surface area contributed by atoms with Gasteiger partial charge in [0.15, 0.2) is 11.5 Å². The molecule has 3 aromatic rings. The van der Waals surface area contributed by atoms with Crippen LogP contribution >= 0.6 is 0 Å². The van der Waals surface area contributed by atoms with Crippen molar-refractivity contribution in [3.63, 3.8) is 0 Å². The summed E-state index contributed by atoms with van der Waals surface area (Å²) in [6.07, 6.45) is 5.51. The first-order valence-corrected chi connectivity index (χ1v) is 10.4. The van der Waals surface area contributed by atoms with Gasteiger partial charge in [0, 0.05) is 23.9 Å². The minimum absolute atomic E-state index is 0.168. The summed E-state index contributed by atoms with van der Waals surface area (Å²) in [5.74, 6) is 1.43. The number of Topliss-reactive ketones (excluding diaryl/α,β-unsaturated/α-hetero) is 1. The van der Waals surface area contributed by atoms with Gasteiger partial charge in [-0.2, -0.15) is 5.10 Å². The molecule has 2 aliphatic rings. The fraction of sp³-hybridized carbons (Fsp3) is 0.391. The van der Waals surface area contributed by atoms with E-state index < -0.39 is 0 Å². The molecule has 0 spiro atoms. The van der Waals surface area contributed by atoms with Crippen LogP contribution in [0.4, 0.5) is 0 Å². The normalized spacial score (nSPS) is 16.6. The fourth-order valence-electron chi connectivity index (χ4n) is 3.75. The Morgan fingerprint density at radius 3 is 2.48 bits per heavy atom. The number of ketones is 1. The van der Waals surface area contributed by atoms with Gasteiger partial charge in [0.1, 0.15) is 5.78 Å². The largest absolute Gasteiger partial charge is 0.352 e. The maximum atomic E-state index is 12.1. The van der Waals surface area contributed by atoms with Gasteiger partial charge in [0.2, 0.25) is 5.91 Å². The van der Waals surface area contributed by atoms with Crippen LogP contribution in [-0.4, -0.2) is 26.3 Å². The molecule has 0 aliphatic heterocycles. The second-order valence-electron chi connectivity index (χ2n) is 8.17. The van der Waals surface area contributed by atoms with E-state index in [1.54, 1.807) is 0 Å². The summed E-state index contributed by atoms with van der Waals surface area (Å²) in [7, 11) is 0. The van der Waals surface area contributed by atoms with E-state index in [1.807, 2.05) is 47.0 Å². The molecule has 0 saturated heterocycles. The molecule has 2 aliphatic carbocycles. The van der Waals surface area contributed by atoms with Crippen LogP contribution in [0.25, 0.3) is 16.9 Å². The van der Waals surface area contributed by atoms with Crippen molar-refractivity contribution >= 4 is 17.3 Å². The molecule has 2 fully saturated rings. The van der Waals surface area contributed by atoms with Crippen molar-refractivity contribution in [3.05, 3.63) is 53.9 Å². The zero-order valence-corrected chi connectivity index (χ0v) is 16.3. The molecule has 148 valence electrons. The first kappa shape index (κ1) is 18.0. The number of hydrogen-bond acceptors (Lipinski definition) is 4. The number of nitrogens with one attached hydrogen (secondary N) is 1. The highest BCUT2D eigenvalue weighted by atomic mass is 16.2. The zero-order valence-electron chi connectivity index (χ0n) is 16.3. The van der Waals surface area contributed by atoms with Crippen molar-refractivity contribution in [2.45, 2.75) is 45.1 Å². The lowest BCUT2D eigenvalue weighted by atomic mass is 9.85. The number of hydrogen-bond donors (Lipinski definition) is 1. The Kier molecular flexibility index (Phi) is 4.62. The molecule has 0 atom stereocenters. The molecule has 0 bridgehead atoms. The Labute approximate surface area is 169 Å². The number of amides is 1. The number of carbonyl (C=O) groups excluding carboxylic acids is 2. The van der Waals surface area contributed by atoms with E-state index >= 15 is 0 Å². The summed E-state index contributed by atoms with van der Waals surface area (Å²) in [5.41, 5.74) is 3.78. The Morgan fingerprint density at radius 1 is 1.00 bits per heavy atom. The van der Waals surface area contributed by atoms with Gasteiger partial charge < -0.3 is 5.32 Å². The van der Waals surface area contributed by atoms with Crippen LogP contribution < -0.4 is 5.32 Å². The second-order valence-corrected chi connectivity index (χ2v) is 8.17. The molecule has 1 N–H and O–H groups in total. The van der Waals surface area contributed by atoms with Gasteiger partial charge in [0.05, 0.1) is 12.1 Å². The highest BCUT2D eigenvalue weighted by Crippen LogP contribution is 2.31. The summed E-state index contributed by atoms with van der Waals surface area (Å²) in [5, 5.41) is 7.61. The number of rotatable bonds is 7. The summed E-state index contributed by atoms with van der Waals surface area (Å²) in [4.78, 5) is 28.6. The molecule has 29 heavy (non-hydrogen) atoms. The Hall–Kier alpha value is -3.02. The summed E-state index contributed by atoms with van der Waals surface area (Å²) >= 11 is 0. The first-order chi connectivity index (χ1) is 14.2. The summed E-state index contributed by atoms with van der Waals surface area (Å²) < 4.78 is 1.81. The number of carbonyl (C=O) groups is 2. The average molecular weight is 388 g/mol. The standard InChI is InChI=1S/C23H24N4O2/c28-20(17-11-12-17)13-21-25-22-6-2-5-19(27(22)26-21)16-9-7-15(8-10-16)14-24-23(29)18-3-1-4-18/h2,5-10,17-18H,1,3-4,11-14H2,(H,24,29). The van der Waals surface area contributed by atoms with E-state index in [9.17, 15) is 9.59 Å². The van der Waals surface area contributed by atoms with Crippen LogP contribution in [0.15, 0.2) is 42.5 Å². The molecule has 2 aromatic heterocycles. The van der Waals surface area contributed by atoms with Gasteiger partial charge in [-0.05, 0) is 43.4 Å². The van der Waals surface area contributed by atoms with Gasteiger partial charge in [-0.3, -0.25) is 9.59 Å². The van der Waals surface area contributed by atoms with Crippen molar-refractivity contribution in [2.24, 2.45) is 11.8 Å². The molecule has 5 rings (SSSR count). The smallest absolute Gasteiger partial charge is 0.223 e. The molecule has 6 nitrogen and oxygen atoms in total. The lowest BCUT2D eigenvalue weighted by Gasteiger charge is -2.24. The lowest BCUT2D eigenvalue weighted by molar-refractivity contribution is -0.127. The van der Waals surface area contributed by atoms with Crippen molar-refractivity contribution in [1.82, 2.24) is 19.9 Å². The third kappa shape index (κ3) is 3.79. The van der Waals surface area contributed by atoms with Gasteiger partial charge in [-0.1, -0.05) is 36.8 Å². The van der Waals surface area contributed by atoms with Crippen molar-refractivity contribution < 1.29 is 9.59 Å². The molecule has 1 amide bonds. The molecule has 2 heterocycles. The molecular weight excluding hydrogens is 364 g/mol. The van der Waals surface area contributed by atoms with Crippen LogP contribution in [0.1, 0.15) is 43.5 Å². The van der Waals surface area contributed by atoms with Crippen LogP contribution in [0.2, 0.25) is 0 Å². The minimum Gasteiger partial charge on any atom is -0.352 e. The van der Waals surface area contributed by atoms with Gasteiger partial charge in [-0.25, -0.2) is 9.50 Å². The van der Waals surface area contributed by atoms with E-state index in [1.165, 1.54) is 0 Å². The molecule has 0 radical (unpaired) electrons. The van der Waals surface area contributed by atoms with E-state index in [-0.39, 0.29) is 23.5 Å². The third-order valence-corrected chi connectivity index (χ3v) is 5.96. The van der Waals surface area contributed by atoms with Crippen LogP contribution in [0, 0.1) is 11.8 Å². The van der Waals surface area contributed by atoms with E-state index in [0.717, 1.165) is 54.6 Å². The zero-order chi connectivity index (χ0) is 19.8. The van der Waals surface area contributed by atoms with Crippen LogP contribution in [0.5, 0.6) is 0 Å². The average Bonchev–Trinajstić information content (AvgIpc) is 3.45. The monoisotopic (exact) mass is 388 g/mol. The first-order valence-electron chi connectivity index (χ1n) is 10.4. The number of pyridine rings is 1. The minimum atomic E-state index is 0.168. The van der Waals surface area contributed by atoms with Gasteiger partial charge in [-0.15, -0.1) is 0 Å². The topological polar surface area (TPSA) is 76.4 Å². The quantitative estimate of drug-likeness (QED) is 0.674. The number of benzene rings is 1.